The predicted octanol–water partition coefficient (Wildman–Crippen LogP) is 0.0469. The van der Waals surface area contributed by atoms with Gasteiger partial charge in [0.05, 0.1) is 12.5 Å². The summed E-state index contributed by atoms with van der Waals surface area (Å²) < 4.78 is 5.18. The van der Waals surface area contributed by atoms with Crippen LogP contribution in [0.3, 0.4) is 0 Å². The molecule has 2 aliphatic heterocycles. The lowest BCUT2D eigenvalue weighted by molar-refractivity contribution is -0.137. The fourth-order valence-electron chi connectivity index (χ4n) is 2.97. The van der Waals surface area contributed by atoms with Crippen molar-refractivity contribution in [3.63, 3.8) is 0 Å². The molecule has 2 heterocycles. The second-order valence-electron chi connectivity index (χ2n) is 5.32. The molecule has 0 radical (unpaired) electrons. The number of piperidine rings is 1. The zero-order valence-electron chi connectivity index (χ0n) is 11.3. The van der Waals surface area contributed by atoms with E-state index in [0.29, 0.717) is 19.0 Å². The molecule has 0 aromatic carbocycles. The predicted molar refractivity (Wildman–Crippen MR) is 70.3 cm³/mol. The van der Waals surface area contributed by atoms with E-state index in [1.165, 1.54) is 25.8 Å². The lowest BCUT2D eigenvalue weighted by Crippen LogP contribution is -2.56. The lowest BCUT2D eigenvalue weighted by atomic mass is 9.99. The summed E-state index contributed by atoms with van der Waals surface area (Å²) in [6.45, 7) is 4.38. The maximum absolute atomic E-state index is 12.2. The molecule has 2 N–H and O–H groups in total. The zero-order chi connectivity index (χ0) is 13.0. The van der Waals surface area contributed by atoms with E-state index in [9.17, 15) is 4.79 Å². The van der Waals surface area contributed by atoms with Crippen LogP contribution in [0.5, 0.6) is 0 Å². The summed E-state index contributed by atoms with van der Waals surface area (Å²) in [4.78, 5) is 16.7. The van der Waals surface area contributed by atoms with E-state index in [1.54, 1.807) is 7.11 Å². The van der Waals surface area contributed by atoms with E-state index in [2.05, 4.69) is 4.90 Å². The molecule has 5 nitrogen and oxygen atoms in total. The van der Waals surface area contributed by atoms with Crippen LogP contribution in [0.2, 0.25) is 0 Å². The number of carbonyl (C=O) groups excluding carboxylic acids is 1. The first-order valence-electron chi connectivity index (χ1n) is 6.99. The number of amides is 1. The van der Waals surface area contributed by atoms with Crippen LogP contribution in [0, 0.1) is 0 Å². The number of piperazine rings is 1. The summed E-state index contributed by atoms with van der Waals surface area (Å²) in [5, 5.41) is 0. The van der Waals surface area contributed by atoms with Gasteiger partial charge in [0.25, 0.3) is 0 Å². The molecule has 0 aromatic heterocycles. The third kappa shape index (κ3) is 3.22. The van der Waals surface area contributed by atoms with E-state index in [-0.39, 0.29) is 12.0 Å². The number of methoxy groups -OCH3 is 1. The number of ether oxygens (including phenoxy) is 1. The van der Waals surface area contributed by atoms with Crippen LogP contribution in [0.15, 0.2) is 0 Å². The Bertz CT molecular complexity index is 281. The molecule has 104 valence electrons. The first-order chi connectivity index (χ1) is 8.74. The Morgan fingerprint density at radius 2 is 2.22 bits per heavy atom. The largest absolute Gasteiger partial charge is 0.380 e. The van der Waals surface area contributed by atoms with Crippen molar-refractivity contribution in [1.82, 2.24) is 9.80 Å². The Morgan fingerprint density at radius 1 is 1.39 bits per heavy atom. The van der Waals surface area contributed by atoms with Gasteiger partial charge in [-0.05, 0) is 19.4 Å². The Labute approximate surface area is 109 Å². The fourth-order valence-corrected chi connectivity index (χ4v) is 2.97. The fraction of sp³-hybridized carbons (Fsp3) is 0.923. The van der Waals surface area contributed by atoms with Crippen LogP contribution < -0.4 is 5.73 Å². The number of nitrogens with zero attached hydrogens (tertiary/aromatic N) is 2. The van der Waals surface area contributed by atoms with Gasteiger partial charge in [0.1, 0.15) is 0 Å². The molecule has 18 heavy (non-hydrogen) atoms. The Morgan fingerprint density at radius 3 is 2.94 bits per heavy atom. The minimum atomic E-state index is -0.137. The quantitative estimate of drug-likeness (QED) is 0.771. The van der Waals surface area contributed by atoms with Crippen molar-refractivity contribution in [2.24, 2.45) is 5.73 Å². The van der Waals surface area contributed by atoms with Gasteiger partial charge in [-0.15, -0.1) is 0 Å². The van der Waals surface area contributed by atoms with Crippen LogP contribution in [0.25, 0.3) is 0 Å². The highest BCUT2D eigenvalue weighted by molar-refractivity contribution is 5.77. The first-order valence-corrected chi connectivity index (χ1v) is 6.99. The molecule has 2 atom stereocenters. The second kappa shape index (κ2) is 6.50. The van der Waals surface area contributed by atoms with Crippen LogP contribution in [0.1, 0.15) is 25.7 Å². The van der Waals surface area contributed by atoms with Gasteiger partial charge >= 0.3 is 0 Å². The summed E-state index contributed by atoms with van der Waals surface area (Å²) in [6.07, 6.45) is 4.12. The van der Waals surface area contributed by atoms with Crippen molar-refractivity contribution in [2.45, 2.75) is 37.8 Å². The Balaban J connectivity index is 1.84. The minimum absolute atomic E-state index is 0.137. The van der Waals surface area contributed by atoms with E-state index < -0.39 is 0 Å². The molecule has 2 rings (SSSR count). The third-order valence-corrected chi connectivity index (χ3v) is 4.19. The van der Waals surface area contributed by atoms with Gasteiger partial charge in [-0.25, -0.2) is 0 Å². The highest BCUT2D eigenvalue weighted by Gasteiger charge is 2.31. The van der Waals surface area contributed by atoms with Gasteiger partial charge in [0, 0.05) is 39.3 Å². The van der Waals surface area contributed by atoms with Crippen molar-refractivity contribution in [3.8, 4) is 0 Å². The van der Waals surface area contributed by atoms with Gasteiger partial charge in [0.2, 0.25) is 5.91 Å². The third-order valence-electron chi connectivity index (χ3n) is 4.19. The van der Waals surface area contributed by atoms with Crippen LogP contribution >= 0.6 is 0 Å². The standard InChI is InChI=1S/C13H25N3O2/c1-18-12(9-14)8-13(17)16-7-6-15-5-3-2-4-11(15)10-16/h11-12H,2-10,14H2,1H3. The smallest absolute Gasteiger partial charge is 0.225 e. The molecule has 0 bridgehead atoms. The number of hydrogen-bond acceptors (Lipinski definition) is 4. The number of rotatable bonds is 4. The van der Waals surface area contributed by atoms with Crippen LogP contribution in [-0.2, 0) is 9.53 Å². The number of hydrogen-bond donors (Lipinski definition) is 1. The molecule has 1 amide bonds. The van der Waals surface area contributed by atoms with Crippen LogP contribution in [-0.4, -0.2) is 67.7 Å². The molecular weight excluding hydrogens is 230 g/mol. The van der Waals surface area contributed by atoms with Gasteiger partial charge in [-0.3, -0.25) is 9.69 Å². The number of fused-ring (bicyclic) bond motifs is 1. The van der Waals surface area contributed by atoms with Gasteiger partial charge < -0.3 is 15.4 Å². The van der Waals surface area contributed by atoms with E-state index in [1.807, 2.05) is 4.90 Å². The van der Waals surface area contributed by atoms with Crippen molar-refractivity contribution in [1.29, 1.82) is 0 Å². The van der Waals surface area contributed by atoms with Gasteiger partial charge in [-0.2, -0.15) is 0 Å². The summed E-state index contributed by atoms with van der Waals surface area (Å²) in [7, 11) is 1.61. The number of carbonyl (C=O) groups is 1. The molecule has 2 saturated heterocycles. The molecule has 2 unspecified atom stereocenters. The van der Waals surface area contributed by atoms with E-state index in [4.69, 9.17) is 10.5 Å². The second-order valence-corrected chi connectivity index (χ2v) is 5.32. The normalized spacial score (nSPS) is 26.8. The Hall–Kier alpha value is -0.650. The maximum atomic E-state index is 12.2. The van der Waals surface area contributed by atoms with Crippen molar-refractivity contribution in [2.75, 3.05) is 39.8 Å². The molecule has 0 saturated carbocycles. The maximum Gasteiger partial charge on any atom is 0.225 e. The summed E-state index contributed by atoms with van der Waals surface area (Å²) >= 11 is 0. The molecule has 0 spiro atoms. The molecule has 5 heteroatoms. The highest BCUT2D eigenvalue weighted by Crippen LogP contribution is 2.21. The highest BCUT2D eigenvalue weighted by atomic mass is 16.5. The topological polar surface area (TPSA) is 58.8 Å². The van der Waals surface area contributed by atoms with Gasteiger partial charge in [0.15, 0.2) is 0 Å². The molecule has 0 aliphatic carbocycles. The van der Waals surface area contributed by atoms with Crippen molar-refractivity contribution >= 4 is 5.91 Å². The molecule has 2 fully saturated rings. The SMILES string of the molecule is COC(CN)CC(=O)N1CCN2CCCCC2C1. The number of nitrogens with two attached hydrogens (primary N) is 1. The summed E-state index contributed by atoms with van der Waals surface area (Å²) in [5.74, 6) is 0.192. The monoisotopic (exact) mass is 255 g/mol. The zero-order valence-corrected chi connectivity index (χ0v) is 11.3. The first kappa shape index (κ1) is 13.8. The van der Waals surface area contributed by atoms with E-state index in [0.717, 1.165) is 19.6 Å². The van der Waals surface area contributed by atoms with Crippen molar-refractivity contribution in [3.05, 3.63) is 0 Å². The average Bonchev–Trinajstić information content (AvgIpc) is 2.44. The summed E-state index contributed by atoms with van der Waals surface area (Å²) in [5.41, 5.74) is 5.56. The average molecular weight is 255 g/mol. The minimum Gasteiger partial charge on any atom is -0.380 e. The Kier molecular flexibility index (Phi) is 4.97. The molecular formula is C13H25N3O2. The van der Waals surface area contributed by atoms with Crippen LogP contribution in [0.4, 0.5) is 0 Å². The molecule has 2 aliphatic rings. The summed E-state index contributed by atoms with van der Waals surface area (Å²) in [6, 6.07) is 0.579. The van der Waals surface area contributed by atoms with Gasteiger partial charge in [-0.1, -0.05) is 6.42 Å². The van der Waals surface area contributed by atoms with E-state index >= 15 is 0 Å². The van der Waals surface area contributed by atoms with Crippen molar-refractivity contribution < 1.29 is 9.53 Å². The lowest BCUT2D eigenvalue weighted by Gasteiger charge is -2.44. The molecule has 0 aromatic rings.